The van der Waals surface area contributed by atoms with Crippen LogP contribution < -0.4 is 4.52 Å². The molecular weight excluding hydrogens is 486 g/mol. The highest BCUT2D eigenvalue weighted by Gasteiger charge is 2.38. The minimum Gasteiger partial charge on any atom is -0.508 e. The summed E-state index contributed by atoms with van der Waals surface area (Å²) in [6.07, 6.45) is 4.74. The van der Waals surface area contributed by atoms with Gasteiger partial charge >= 0.3 is 8.60 Å². The molecule has 1 aliphatic heterocycles. The lowest BCUT2D eigenvalue weighted by Gasteiger charge is -2.35. The summed E-state index contributed by atoms with van der Waals surface area (Å²) in [5.74, 6) is 1.62. The SMILES string of the molecule is C=C/C=C(\C=C)OP1OCC(CO)(CO)CO1.CC(C)(c1ccc(O)cc1)c1ccc(OP)cc1. The normalized spacial score (nSPS) is 16.0. The fraction of sp³-hybridized carbons (Fsp3) is 0.308. The summed E-state index contributed by atoms with van der Waals surface area (Å²) in [5, 5.41) is 27.6. The van der Waals surface area contributed by atoms with E-state index in [0.29, 0.717) is 11.5 Å². The van der Waals surface area contributed by atoms with Crippen LogP contribution >= 0.6 is 18.1 Å². The Bertz CT molecular complexity index is 958. The predicted octanol–water partition coefficient (Wildman–Crippen LogP) is 5.39. The number of rotatable bonds is 9. The van der Waals surface area contributed by atoms with Crippen molar-refractivity contribution in [3.05, 3.63) is 96.8 Å². The van der Waals surface area contributed by atoms with E-state index in [1.54, 1.807) is 24.3 Å². The third-order valence-corrected chi connectivity index (χ3v) is 6.90. The highest BCUT2D eigenvalue weighted by atomic mass is 31.2. The minimum absolute atomic E-state index is 0.104. The van der Waals surface area contributed by atoms with Gasteiger partial charge in [0.2, 0.25) is 0 Å². The average Bonchev–Trinajstić information content (AvgIpc) is 2.89. The number of phenols is 1. The van der Waals surface area contributed by atoms with E-state index in [0.717, 1.165) is 5.75 Å². The second-order valence-corrected chi connectivity index (χ2v) is 9.88. The molecule has 2 aromatic carbocycles. The van der Waals surface area contributed by atoms with Crippen LogP contribution in [0.4, 0.5) is 0 Å². The maximum atomic E-state index is 9.34. The quantitative estimate of drug-likeness (QED) is 0.232. The zero-order valence-electron chi connectivity index (χ0n) is 20.1. The Kier molecular flexibility index (Phi) is 11.4. The molecule has 1 aliphatic rings. The lowest BCUT2D eigenvalue weighted by molar-refractivity contribution is -0.0542. The van der Waals surface area contributed by atoms with Gasteiger partial charge in [0.05, 0.1) is 41.3 Å². The molecule has 0 bridgehead atoms. The molecule has 0 aromatic heterocycles. The Labute approximate surface area is 211 Å². The Hall–Kier alpha value is -2.24. The third-order valence-electron chi connectivity index (χ3n) is 5.59. The van der Waals surface area contributed by atoms with E-state index in [1.165, 1.54) is 17.2 Å². The van der Waals surface area contributed by atoms with Crippen molar-refractivity contribution in [1.82, 2.24) is 0 Å². The summed E-state index contributed by atoms with van der Waals surface area (Å²) in [7, 11) is 0.733. The van der Waals surface area contributed by atoms with Gasteiger partial charge in [-0.05, 0) is 47.5 Å². The summed E-state index contributed by atoms with van der Waals surface area (Å²) in [4.78, 5) is 0. The number of aromatic hydroxyl groups is 1. The maximum absolute atomic E-state index is 9.34. The van der Waals surface area contributed by atoms with Crippen molar-refractivity contribution in [1.29, 1.82) is 0 Å². The Morgan fingerprint density at radius 2 is 1.54 bits per heavy atom. The second-order valence-electron chi connectivity index (χ2n) is 8.50. The van der Waals surface area contributed by atoms with Gasteiger partial charge in [-0.3, -0.25) is 0 Å². The second kappa shape index (κ2) is 13.7. The molecule has 0 amide bonds. The lowest BCUT2D eigenvalue weighted by atomic mass is 9.78. The molecule has 1 unspecified atom stereocenters. The van der Waals surface area contributed by atoms with Crippen LogP contribution in [-0.2, 0) is 19.0 Å². The molecule has 2 aromatic rings. The molecule has 1 fully saturated rings. The predicted molar refractivity (Wildman–Crippen MR) is 142 cm³/mol. The molecular formula is C26H34O7P2. The number of phenolic OH excluding ortho intramolecular Hbond substituents is 1. The van der Waals surface area contributed by atoms with Gasteiger partial charge in [0.1, 0.15) is 17.3 Å². The van der Waals surface area contributed by atoms with E-state index in [9.17, 15) is 5.11 Å². The van der Waals surface area contributed by atoms with Crippen molar-refractivity contribution in [3.63, 3.8) is 0 Å². The van der Waals surface area contributed by atoms with Gasteiger partial charge in [0, 0.05) is 5.41 Å². The molecule has 1 atom stereocenters. The minimum atomic E-state index is -1.51. The first-order chi connectivity index (χ1) is 16.7. The summed E-state index contributed by atoms with van der Waals surface area (Å²) in [5.41, 5.74) is 1.53. The number of hydrogen-bond acceptors (Lipinski definition) is 7. The zero-order chi connectivity index (χ0) is 25.9. The summed E-state index contributed by atoms with van der Waals surface area (Å²) < 4.78 is 21.1. The van der Waals surface area contributed by atoms with Gasteiger partial charge in [-0.15, -0.1) is 0 Å². The van der Waals surface area contributed by atoms with E-state index in [2.05, 4.69) is 48.6 Å². The Morgan fingerprint density at radius 1 is 1.03 bits per heavy atom. The van der Waals surface area contributed by atoms with Gasteiger partial charge in [-0.1, -0.05) is 57.3 Å². The van der Waals surface area contributed by atoms with Crippen molar-refractivity contribution < 1.29 is 33.4 Å². The maximum Gasteiger partial charge on any atom is 0.397 e. The van der Waals surface area contributed by atoms with Crippen LogP contribution in [0.3, 0.4) is 0 Å². The van der Waals surface area contributed by atoms with E-state index in [4.69, 9.17) is 28.3 Å². The average molecular weight is 520 g/mol. The standard InChI is InChI=1S/C15H17O2P.C11H17O5P/c1-15(2,11-3-7-13(16)8-4-11)12-5-9-14(17-18)10-6-12;1-3-5-10(4-2)16-17-14-8-11(6-12,7-13)9-15-17/h3-10,16H,18H2,1-2H3;3-5,12-13H,1-2,6-9H2/b;10-5+. The fourth-order valence-corrected chi connectivity index (χ4v) is 4.48. The smallest absolute Gasteiger partial charge is 0.397 e. The van der Waals surface area contributed by atoms with Gasteiger partial charge in [0.15, 0.2) is 0 Å². The van der Waals surface area contributed by atoms with Gasteiger partial charge in [-0.2, -0.15) is 0 Å². The molecule has 0 radical (unpaired) electrons. The van der Waals surface area contributed by atoms with Crippen molar-refractivity contribution in [2.75, 3.05) is 26.4 Å². The number of hydrogen-bond donors (Lipinski definition) is 3. The summed E-state index contributed by atoms with van der Waals surface area (Å²) in [6, 6.07) is 15.4. The molecule has 0 aliphatic carbocycles. The van der Waals surface area contributed by atoms with Crippen LogP contribution in [0.1, 0.15) is 25.0 Å². The first kappa shape index (κ1) is 29.0. The highest BCUT2D eigenvalue weighted by Crippen LogP contribution is 2.48. The van der Waals surface area contributed by atoms with E-state index >= 15 is 0 Å². The van der Waals surface area contributed by atoms with Crippen LogP contribution in [0, 0.1) is 5.41 Å². The van der Waals surface area contributed by atoms with E-state index in [1.807, 2.05) is 24.3 Å². The van der Waals surface area contributed by atoms with Crippen molar-refractivity contribution in [2.24, 2.45) is 5.41 Å². The molecule has 1 heterocycles. The highest BCUT2D eigenvalue weighted by molar-refractivity contribution is 7.41. The van der Waals surface area contributed by atoms with Gasteiger partial charge in [-0.25, -0.2) is 0 Å². The third kappa shape index (κ3) is 8.15. The number of aliphatic hydroxyl groups is 2. The monoisotopic (exact) mass is 520 g/mol. The van der Waals surface area contributed by atoms with Crippen molar-refractivity contribution >= 4 is 18.1 Å². The van der Waals surface area contributed by atoms with Gasteiger partial charge in [0.25, 0.3) is 0 Å². The fourth-order valence-electron chi connectivity index (χ4n) is 3.08. The van der Waals surface area contributed by atoms with E-state index in [-0.39, 0.29) is 31.8 Å². The number of benzene rings is 2. The largest absolute Gasteiger partial charge is 0.508 e. The van der Waals surface area contributed by atoms with Crippen molar-refractivity contribution in [2.45, 2.75) is 19.3 Å². The molecule has 3 N–H and O–H groups in total. The lowest BCUT2D eigenvalue weighted by Crippen LogP contribution is -2.41. The first-order valence-corrected chi connectivity index (χ1v) is 12.5. The van der Waals surface area contributed by atoms with Crippen LogP contribution in [0.25, 0.3) is 0 Å². The molecule has 3 rings (SSSR count). The molecule has 1 saturated heterocycles. The summed E-state index contributed by atoms with van der Waals surface area (Å²) >= 11 is 0. The van der Waals surface area contributed by atoms with Crippen molar-refractivity contribution in [3.8, 4) is 11.5 Å². The van der Waals surface area contributed by atoms with Crippen LogP contribution in [-0.4, -0.2) is 41.7 Å². The zero-order valence-corrected chi connectivity index (χ0v) is 22.1. The summed E-state index contributed by atoms with van der Waals surface area (Å²) in [6.45, 7) is 11.5. The van der Waals surface area contributed by atoms with Crippen LogP contribution in [0.5, 0.6) is 11.5 Å². The number of allylic oxidation sites excluding steroid dienone is 3. The Balaban J connectivity index is 0.000000247. The van der Waals surface area contributed by atoms with E-state index < -0.39 is 14.0 Å². The topological polar surface area (TPSA) is 97.6 Å². The molecule has 7 nitrogen and oxygen atoms in total. The Morgan fingerprint density at radius 3 is 1.97 bits per heavy atom. The molecule has 190 valence electrons. The molecule has 0 saturated carbocycles. The van der Waals surface area contributed by atoms with Crippen LogP contribution in [0.2, 0.25) is 0 Å². The molecule has 35 heavy (non-hydrogen) atoms. The van der Waals surface area contributed by atoms with Gasteiger partial charge < -0.3 is 33.4 Å². The van der Waals surface area contributed by atoms with Crippen LogP contribution in [0.15, 0.2) is 85.7 Å². The molecule has 0 spiro atoms. The molecule has 9 heteroatoms. The number of aliphatic hydroxyl groups excluding tert-OH is 2. The first-order valence-electron chi connectivity index (χ1n) is 10.9.